The molecule has 0 aliphatic carbocycles. The zero-order valence-electron chi connectivity index (χ0n) is 10.7. The van der Waals surface area contributed by atoms with Gasteiger partial charge in [0.1, 0.15) is 0 Å². The van der Waals surface area contributed by atoms with Gasteiger partial charge in [-0.3, -0.25) is 9.88 Å². The highest BCUT2D eigenvalue weighted by atomic mass is 19.4. The van der Waals surface area contributed by atoms with Gasteiger partial charge in [0.15, 0.2) is 0 Å². The predicted octanol–water partition coefficient (Wildman–Crippen LogP) is 2.37. The maximum Gasteiger partial charge on any atom is 0.389 e. The second-order valence-electron chi connectivity index (χ2n) is 4.74. The molecule has 2 heterocycles. The van der Waals surface area contributed by atoms with E-state index in [4.69, 9.17) is 0 Å². The van der Waals surface area contributed by atoms with Crippen LogP contribution in [0.15, 0.2) is 24.5 Å². The van der Waals surface area contributed by atoms with Crippen LogP contribution in [0.25, 0.3) is 0 Å². The molecule has 19 heavy (non-hydrogen) atoms. The number of aromatic nitrogens is 1. The van der Waals surface area contributed by atoms with E-state index in [0.717, 1.165) is 31.7 Å². The van der Waals surface area contributed by atoms with Crippen LogP contribution in [0.4, 0.5) is 13.2 Å². The highest BCUT2D eigenvalue weighted by Gasteiger charge is 2.31. The highest BCUT2D eigenvalue weighted by Crippen LogP contribution is 2.31. The Hall–Kier alpha value is -1.14. The molecule has 6 heteroatoms. The number of halogens is 3. The second-order valence-corrected chi connectivity index (χ2v) is 4.74. The van der Waals surface area contributed by atoms with Crippen LogP contribution < -0.4 is 5.32 Å². The fraction of sp³-hybridized carbons (Fsp3) is 0.615. The van der Waals surface area contributed by atoms with Crippen molar-refractivity contribution in [3.05, 3.63) is 30.1 Å². The van der Waals surface area contributed by atoms with E-state index < -0.39 is 12.6 Å². The van der Waals surface area contributed by atoms with Gasteiger partial charge in [-0.2, -0.15) is 13.2 Å². The first-order chi connectivity index (χ1) is 9.06. The Morgan fingerprint density at radius 1 is 1.32 bits per heavy atom. The van der Waals surface area contributed by atoms with Crippen molar-refractivity contribution in [1.82, 2.24) is 15.2 Å². The van der Waals surface area contributed by atoms with Crippen LogP contribution in [-0.4, -0.2) is 42.2 Å². The van der Waals surface area contributed by atoms with Crippen molar-refractivity contribution in [2.75, 3.05) is 26.2 Å². The lowest BCUT2D eigenvalue weighted by Gasteiger charge is -2.35. The average Bonchev–Trinajstić information content (AvgIpc) is 2.40. The van der Waals surface area contributed by atoms with E-state index >= 15 is 0 Å². The van der Waals surface area contributed by atoms with Gasteiger partial charge in [0.25, 0.3) is 0 Å². The fourth-order valence-electron chi connectivity index (χ4n) is 2.43. The number of rotatable bonds is 4. The van der Waals surface area contributed by atoms with Crippen molar-refractivity contribution in [1.29, 1.82) is 0 Å². The fourth-order valence-corrected chi connectivity index (χ4v) is 2.43. The number of alkyl halides is 3. The summed E-state index contributed by atoms with van der Waals surface area (Å²) in [6.45, 7) is 3.19. The summed E-state index contributed by atoms with van der Waals surface area (Å²) in [7, 11) is 0. The molecule has 1 fully saturated rings. The first-order valence-electron chi connectivity index (χ1n) is 6.48. The molecule has 2 rings (SSSR count). The molecule has 106 valence electrons. The van der Waals surface area contributed by atoms with Gasteiger partial charge in [0.05, 0.1) is 0 Å². The third-order valence-electron chi connectivity index (χ3n) is 3.36. The van der Waals surface area contributed by atoms with Gasteiger partial charge >= 0.3 is 6.18 Å². The van der Waals surface area contributed by atoms with Crippen LogP contribution in [0.2, 0.25) is 0 Å². The summed E-state index contributed by atoms with van der Waals surface area (Å²) in [5.74, 6) is 0. The molecule has 1 saturated heterocycles. The molecule has 3 nitrogen and oxygen atoms in total. The zero-order valence-corrected chi connectivity index (χ0v) is 10.7. The molecule has 0 amide bonds. The van der Waals surface area contributed by atoms with Crippen LogP contribution in [0.5, 0.6) is 0 Å². The molecule has 1 atom stereocenters. The predicted molar refractivity (Wildman–Crippen MR) is 66.7 cm³/mol. The Labute approximate surface area is 110 Å². The Balaban J connectivity index is 2.08. The molecule has 0 aromatic carbocycles. The van der Waals surface area contributed by atoms with Crippen LogP contribution in [0, 0.1) is 0 Å². The summed E-state index contributed by atoms with van der Waals surface area (Å²) >= 11 is 0. The van der Waals surface area contributed by atoms with Crippen molar-refractivity contribution in [3.8, 4) is 0 Å². The van der Waals surface area contributed by atoms with Crippen molar-refractivity contribution in [2.45, 2.75) is 25.1 Å². The Morgan fingerprint density at radius 2 is 2.05 bits per heavy atom. The summed E-state index contributed by atoms with van der Waals surface area (Å²) in [5, 5.41) is 3.21. The van der Waals surface area contributed by atoms with Gasteiger partial charge < -0.3 is 5.32 Å². The molecule has 1 aromatic rings. The van der Waals surface area contributed by atoms with E-state index in [9.17, 15) is 13.2 Å². The van der Waals surface area contributed by atoms with Gasteiger partial charge in [-0.25, -0.2) is 0 Å². The number of hydrogen-bond acceptors (Lipinski definition) is 3. The second kappa shape index (κ2) is 6.34. The largest absolute Gasteiger partial charge is 0.389 e. The summed E-state index contributed by atoms with van der Waals surface area (Å²) < 4.78 is 37.4. The average molecular weight is 273 g/mol. The summed E-state index contributed by atoms with van der Waals surface area (Å²) in [5.41, 5.74) is 0.869. The number of pyridine rings is 1. The van der Waals surface area contributed by atoms with E-state index in [0.29, 0.717) is 0 Å². The molecule has 0 unspecified atom stereocenters. The topological polar surface area (TPSA) is 28.2 Å². The number of piperazine rings is 1. The van der Waals surface area contributed by atoms with E-state index in [2.05, 4.69) is 15.2 Å². The van der Waals surface area contributed by atoms with Gasteiger partial charge in [-0.15, -0.1) is 0 Å². The third kappa shape index (κ3) is 4.47. The van der Waals surface area contributed by atoms with Crippen LogP contribution in [0.3, 0.4) is 0 Å². The van der Waals surface area contributed by atoms with Gasteiger partial charge in [-0.1, -0.05) is 6.07 Å². The molecule has 1 N–H and O–H groups in total. The van der Waals surface area contributed by atoms with Crippen LogP contribution >= 0.6 is 0 Å². The monoisotopic (exact) mass is 273 g/mol. The first-order valence-corrected chi connectivity index (χ1v) is 6.48. The molecular formula is C13H18F3N3. The molecule has 1 aliphatic heterocycles. The normalized spacial score (nSPS) is 19.3. The summed E-state index contributed by atoms with van der Waals surface area (Å²) in [6.07, 6.45) is -1.45. The molecule has 0 saturated carbocycles. The van der Waals surface area contributed by atoms with Crippen molar-refractivity contribution >= 4 is 0 Å². The zero-order chi connectivity index (χ0) is 13.7. The number of nitrogens with zero attached hydrogens (tertiary/aromatic N) is 2. The molecule has 1 aliphatic rings. The Morgan fingerprint density at radius 3 is 2.63 bits per heavy atom. The van der Waals surface area contributed by atoms with E-state index in [1.165, 1.54) is 0 Å². The lowest BCUT2D eigenvalue weighted by Crippen LogP contribution is -2.45. The molecule has 0 spiro atoms. The van der Waals surface area contributed by atoms with Crippen molar-refractivity contribution in [3.63, 3.8) is 0 Å². The minimum atomic E-state index is -4.10. The lowest BCUT2D eigenvalue weighted by molar-refractivity contribution is -0.138. The first kappa shape index (κ1) is 14.3. The van der Waals surface area contributed by atoms with Crippen molar-refractivity contribution in [2.24, 2.45) is 0 Å². The number of hydrogen-bond donors (Lipinski definition) is 1. The highest BCUT2D eigenvalue weighted by molar-refractivity contribution is 5.14. The van der Waals surface area contributed by atoms with E-state index in [1.54, 1.807) is 18.5 Å². The standard InChI is InChI=1S/C13H18F3N3/c14-13(15,16)4-3-12(11-2-1-5-18-10-11)19-8-6-17-7-9-19/h1-2,5,10,12,17H,3-4,6-9H2/t12-/m0/s1. The van der Waals surface area contributed by atoms with Crippen LogP contribution in [0.1, 0.15) is 24.4 Å². The van der Waals surface area contributed by atoms with E-state index in [1.807, 2.05) is 6.07 Å². The molecule has 1 aromatic heterocycles. The lowest BCUT2D eigenvalue weighted by atomic mass is 10.0. The minimum absolute atomic E-state index is 0.0925. The maximum atomic E-state index is 12.5. The smallest absolute Gasteiger partial charge is 0.314 e. The summed E-state index contributed by atoms with van der Waals surface area (Å²) in [4.78, 5) is 6.13. The minimum Gasteiger partial charge on any atom is -0.314 e. The quantitative estimate of drug-likeness (QED) is 0.913. The van der Waals surface area contributed by atoms with Gasteiger partial charge in [-0.05, 0) is 18.1 Å². The SMILES string of the molecule is FC(F)(F)CC[C@@H](c1cccnc1)N1CCNCC1. The molecule has 0 bridgehead atoms. The summed E-state index contributed by atoms with van der Waals surface area (Å²) in [6, 6.07) is 3.44. The van der Waals surface area contributed by atoms with Crippen molar-refractivity contribution < 1.29 is 13.2 Å². The van der Waals surface area contributed by atoms with E-state index in [-0.39, 0.29) is 12.5 Å². The van der Waals surface area contributed by atoms with Gasteiger partial charge in [0.2, 0.25) is 0 Å². The maximum absolute atomic E-state index is 12.5. The molecule has 0 radical (unpaired) electrons. The van der Waals surface area contributed by atoms with Crippen LogP contribution in [-0.2, 0) is 0 Å². The Kier molecular flexibility index (Phi) is 4.76. The van der Waals surface area contributed by atoms with Gasteiger partial charge in [0, 0.05) is 51.0 Å². The molecular weight excluding hydrogens is 255 g/mol. The number of nitrogens with one attached hydrogen (secondary N) is 1. The third-order valence-corrected chi connectivity index (χ3v) is 3.36. The Bertz CT molecular complexity index is 374.